The van der Waals surface area contributed by atoms with Gasteiger partial charge in [-0.15, -0.1) is 0 Å². The Morgan fingerprint density at radius 1 is 1.07 bits per heavy atom. The van der Waals surface area contributed by atoms with E-state index in [2.05, 4.69) is 17.0 Å². The minimum atomic E-state index is -3.56. The molecule has 154 valence electrons. The molecular weight excluding hydrogens is 380 g/mol. The standard InChI is InChI=1S/C20H28N2O5S/c1-13-5-3-4-6-18(13)21-19(23)14(2)27-20(24)15-7-11-17(12-8-15)28(25,26)22-16-9-10-16/h7-8,11-14,16,18,22H,3-6,9-10H2,1-2H3,(H,21,23). The summed E-state index contributed by atoms with van der Waals surface area (Å²) in [7, 11) is -3.56. The molecule has 3 rings (SSSR count). The lowest BCUT2D eigenvalue weighted by Crippen LogP contribution is -2.45. The van der Waals surface area contributed by atoms with Gasteiger partial charge in [0.2, 0.25) is 10.0 Å². The number of hydrogen-bond donors (Lipinski definition) is 2. The maximum absolute atomic E-state index is 12.3. The van der Waals surface area contributed by atoms with Gasteiger partial charge in [0.25, 0.3) is 5.91 Å². The van der Waals surface area contributed by atoms with Crippen molar-refractivity contribution >= 4 is 21.9 Å². The van der Waals surface area contributed by atoms with Crippen molar-refractivity contribution in [3.8, 4) is 0 Å². The Bertz CT molecular complexity index is 818. The third-order valence-corrected chi connectivity index (χ3v) is 6.93. The highest BCUT2D eigenvalue weighted by Gasteiger charge is 2.29. The largest absolute Gasteiger partial charge is 0.449 e. The molecule has 28 heavy (non-hydrogen) atoms. The molecule has 0 bridgehead atoms. The van der Waals surface area contributed by atoms with Gasteiger partial charge in [0, 0.05) is 12.1 Å². The van der Waals surface area contributed by atoms with Gasteiger partial charge < -0.3 is 10.1 Å². The fourth-order valence-electron chi connectivity index (χ4n) is 3.37. The van der Waals surface area contributed by atoms with Crippen molar-refractivity contribution < 1.29 is 22.7 Å². The van der Waals surface area contributed by atoms with E-state index in [-0.39, 0.29) is 28.4 Å². The number of esters is 1. The fourth-order valence-corrected chi connectivity index (χ4v) is 4.68. The molecule has 1 amide bonds. The van der Waals surface area contributed by atoms with Crippen molar-refractivity contribution in [2.45, 2.75) is 75.5 Å². The molecule has 1 aromatic rings. The predicted octanol–water partition coefficient (Wildman–Crippen LogP) is 2.37. The molecule has 2 saturated carbocycles. The van der Waals surface area contributed by atoms with Gasteiger partial charge >= 0.3 is 5.97 Å². The molecule has 0 radical (unpaired) electrons. The number of sulfonamides is 1. The summed E-state index contributed by atoms with van der Waals surface area (Å²) < 4.78 is 32.2. The van der Waals surface area contributed by atoms with Crippen molar-refractivity contribution in [3.63, 3.8) is 0 Å². The first-order chi connectivity index (χ1) is 13.3. The van der Waals surface area contributed by atoms with Crippen LogP contribution in [-0.4, -0.2) is 38.5 Å². The number of benzene rings is 1. The highest BCUT2D eigenvalue weighted by molar-refractivity contribution is 7.89. The number of carbonyl (C=O) groups is 2. The second-order valence-corrected chi connectivity index (χ2v) is 9.56. The van der Waals surface area contributed by atoms with Crippen molar-refractivity contribution in [3.05, 3.63) is 29.8 Å². The van der Waals surface area contributed by atoms with Crippen molar-refractivity contribution in [2.75, 3.05) is 0 Å². The van der Waals surface area contributed by atoms with Crippen LogP contribution in [0.3, 0.4) is 0 Å². The Balaban J connectivity index is 1.55. The Morgan fingerprint density at radius 3 is 2.32 bits per heavy atom. The van der Waals surface area contributed by atoms with E-state index in [4.69, 9.17) is 4.74 Å². The summed E-state index contributed by atoms with van der Waals surface area (Å²) in [4.78, 5) is 24.7. The van der Waals surface area contributed by atoms with E-state index in [0.29, 0.717) is 5.92 Å². The monoisotopic (exact) mass is 408 g/mol. The first kappa shape index (κ1) is 20.8. The maximum atomic E-state index is 12.3. The van der Waals surface area contributed by atoms with Crippen LogP contribution in [0.2, 0.25) is 0 Å². The minimum absolute atomic E-state index is 0.0147. The number of nitrogens with one attached hydrogen (secondary N) is 2. The average molecular weight is 409 g/mol. The number of amides is 1. The molecule has 3 unspecified atom stereocenters. The van der Waals surface area contributed by atoms with Crippen LogP contribution < -0.4 is 10.0 Å². The molecule has 2 aliphatic rings. The van der Waals surface area contributed by atoms with Gasteiger partial charge in [0.05, 0.1) is 10.5 Å². The summed E-state index contributed by atoms with van der Waals surface area (Å²) in [5.41, 5.74) is 0.205. The molecule has 0 saturated heterocycles. The summed E-state index contributed by atoms with van der Waals surface area (Å²) in [6, 6.07) is 5.67. The lowest BCUT2D eigenvalue weighted by Gasteiger charge is -2.30. The van der Waals surface area contributed by atoms with Gasteiger partial charge in [-0.3, -0.25) is 4.79 Å². The molecule has 8 heteroatoms. The van der Waals surface area contributed by atoms with E-state index in [1.54, 1.807) is 6.92 Å². The van der Waals surface area contributed by atoms with Crippen LogP contribution in [0.25, 0.3) is 0 Å². The van der Waals surface area contributed by atoms with Crippen LogP contribution in [-0.2, 0) is 19.6 Å². The smallest absolute Gasteiger partial charge is 0.338 e. The third-order valence-electron chi connectivity index (χ3n) is 5.39. The molecule has 2 N–H and O–H groups in total. The predicted molar refractivity (Wildman–Crippen MR) is 104 cm³/mol. The summed E-state index contributed by atoms with van der Waals surface area (Å²) in [5, 5.41) is 2.97. The second-order valence-electron chi connectivity index (χ2n) is 7.84. The molecule has 0 aliphatic heterocycles. The van der Waals surface area contributed by atoms with Crippen LogP contribution in [0.1, 0.15) is 62.7 Å². The molecule has 0 heterocycles. The van der Waals surface area contributed by atoms with Gasteiger partial charge in [-0.1, -0.05) is 19.8 Å². The lowest BCUT2D eigenvalue weighted by molar-refractivity contribution is -0.130. The van der Waals surface area contributed by atoms with Gasteiger partial charge in [-0.2, -0.15) is 0 Å². The van der Waals surface area contributed by atoms with Gasteiger partial charge in [0.15, 0.2) is 6.10 Å². The first-order valence-electron chi connectivity index (χ1n) is 9.90. The SMILES string of the molecule is CC(OC(=O)c1ccc(S(=O)(=O)NC2CC2)cc1)C(=O)NC1CCCCC1C. The molecule has 7 nitrogen and oxygen atoms in total. The van der Waals surface area contributed by atoms with E-state index in [1.807, 2.05) is 0 Å². The molecule has 0 aromatic heterocycles. The van der Waals surface area contributed by atoms with E-state index in [9.17, 15) is 18.0 Å². The second kappa shape index (κ2) is 8.61. The molecular formula is C20H28N2O5S. The van der Waals surface area contributed by atoms with Crippen LogP contribution in [0.4, 0.5) is 0 Å². The molecule has 3 atom stereocenters. The van der Waals surface area contributed by atoms with Gasteiger partial charge in [-0.05, 0) is 62.8 Å². The topological polar surface area (TPSA) is 102 Å². The van der Waals surface area contributed by atoms with Crippen molar-refractivity contribution in [1.82, 2.24) is 10.0 Å². The molecule has 2 aliphatic carbocycles. The fraction of sp³-hybridized carbons (Fsp3) is 0.600. The third kappa shape index (κ3) is 5.32. The van der Waals surface area contributed by atoms with Gasteiger partial charge in [-0.25, -0.2) is 17.9 Å². The van der Waals surface area contributed by atoms with E-state index < -0.39 is 22.1 Å². The quantitative estimate of drug-likeness (QED) is 0.675. The maximum Gasteiger partial charge on any atom is 0.338 e. The lowest BCUT2D eigenvalue weighted by atomic mass is 9.86. The summed E-state index contributed by atoms with van der Waals surface area (Å²) in [6.07, 6.45) is 5.09. The van der Waals surface area contributed by atoms with E-state index in [1.165, 1.54) is 30.7 Å². The first-order valence-corrected chi connectivity index (χ1v) is 11.4. The number of rotatable bonds is 7. The van der Waals surface area contributed by atoms with E-state index >= 15 is 0 Å². The van der Waals surface area contributed by atoms with E-state index in [0.717, 1.165) is 32.1 Å². The zero-order valence-electron chi connectivity index (χ0n) is 16.3. The Labute approximate surface area is 166 Å². The Hall–Kier alpha value is -1.93. The highest BCUT2D eigenvalue weighted by Crippen LogP contribution is 2.24. The highest BCUT2D eigenvalue weighted by atomic mass is 32.2. The number of hydrogen-bond acceptors (Lipinski definition) is 5. The number of ether oxygens (including phenoxy) is 1. The summed E-state index contributed by atoms with van der Waals surface area (Å²) >= 11 is 0. The van der Waals surface area contributed by atoms with Crippen LogP contribution >= 0.6 is 0 Å². The zero-order chi connectivity index (χ0) is 20.3. The zero-order valence-corrected chi connectivity index (χ0v) is 17.1. The summed E-state index contributed by atoms with van der Waals surface area (Å²) in [5.74, 6) is -0.544. The molecule has 1 aromatic carbocycles. The number of carbonyl (C=O) groups excluding carboxylic acids is 2. The van der Waals surface area contributed by atoms with Crippen LogP contribution in [0, 0.1) is 5.92 Å². The minimum Gasteiger partial charge on any atom is -0.449 e. The Morgan fingerprint density at radius 2 is 1.71 bits per heavy atom. The average Bonchev–Trinajstić information content (AvgIpc) is 3.47. The Kier molecular flexibility index (Phi) is 6.40. The van der Waals surface area contributed by atoms with Gasteiger partial charge in [0.1, 0.15) is 0 Å². The molecule has 2 fully saturated rings. The van der Waals surface area contributed by atoms with Crippen molar-refractivity contribution in [1.29, 1.82) is 0 Å². The van der Waals surface area contributed by atoms with Crippen molar-refractivity contribution in [2.24, 2.45) is 5.92 Å². The van der Waals surface area contributed by atoms with Crippen LogP contribution in [0.15, 0.2) is 29.2 Å². The summed E-state index contributed by atoms with van der Waals surface area (Å²) in [6.45, 7) is 3.66. The van der Waals surface area contributed by atoms with Crippen LogP contribution in [0.5, 0.6) is 0 Å². The normalized spacial score (nSPS) is 23.6. The molecule has 0 spiro atoms.